The van der Waals surface area contributed by atoms with E-state index in [0.717, 1.165) is 24.1 Å². The van der Waals surface area contributed by atoms with E-state index in [9.17, 15) is 0 Å². The predicted octanol–water partition coefficient (Wildman–Crippen LogP) is 7.29. The van der Waals surface area contributed by atoms with Gasteiger partial charge in [0.2, 0.25) is 0 Å². The maximum Gasteiger partial charge on any atom is 0.0391 e. The van der Waals surface area contributed by atoms with E-state index in [0.29, 0.717) is 0 Å². The largest absolute Gasteiger partial charge is 0.405 e. The van der Waals surface area contributed by atoms with Crippen molar-refractivity contribution in [2.75, 3.05) is 12.8 Å². The molecule has 3 heteroatoms. The van der Waals surface area contributed by atoms with E-state index in [-0.39, 0.29) is 0 Å². The molecular weight excluding hydrogens is 402 g/mol. The summed E-state index contributed by atoms with van der Waals surface area (Å²) in [6, 6.07) is 22.8. The van der Waals surface area contributed by atoms with Gasteiger partial charge < -0.3 is 16.8 Å². The molecule has 172 valence electrons. The van der Waals surface area contributed by atoms with Crippen LogP contribution in [0.15, 0.2) is 103 Å². The molecule has 0 aromatic heterocycles. The molecule has 0 unspecified atom stereocenters. The minimum Gasteiger partial charge on any atom is -0.405 e. The number of likely N-dealkylation sites (N-methyl/N-ethyl adjacent to an activating group) is 1. The number of benzene rings is 3. The zero-order valence-electron chi connectivity index (χ0n) is 20.3. The number of rotatable bonds is 4. The summed E-state index contributed by atoms with van der Waals surface area (Å²) in [4.78, 5) is 0. The monoisotopic (exact) mass is 439 g/mol. The molecule has 0 atom stereocenters. The van der Waals surface area contributed by atoms with Gasteiger partial charge in [-0.05, 0) is 71.7 Å². The van der Waals surface area contributed by atoms with Gasteiger partial charge in [0.1, 0.15) is 0 Å². The number of nitrogens with one attached hydrogen (secondary N) is 1. The highest BCUT2D eigenvalue weighted by Gasteiger charge is 2.11. The van der Waals surface area contributed by atoms with E-state index in [2.05, 4.69) is 72.9 Å². The maximum atomic E-state index is 5.98. The Kier molecular flexibility index (Phi) is 10.6. The Labute approximate surface area is 199 Å². The highest BCUT2D eigenvalue weighted by Crippen LogP contribution is 2.30. The quantitative estimate of drug-likeness (QED) is 0.295. The molecule has 0 heterocycles. The summed E-state index contributed by atoms with van der Waals surface area (Å²) in [7, 11) is 1.95. The maximum absolute atomic E-state index is 5.98. The molecule has 1 aliphatic rings. The van der Waals surface area contributed by atoms with Gasteiger partial charge in [-0.3, -0.25) is 0 Å². The average Bonchev–Trinajstić information content (AvgIpc) is 2.89. The fraction of sp³-hybridized carbons (Fsp3) is 0.200. The van der Waals surface area contributed by atoms with Gasteiger partial charge in [-0.2, -0.15) is 0 Å². The lowest BCUT2D eigenvalue weighted by atomic mass is 9.94. The molecule has 0 spiro atoms. The molecule has 3 aromatic carbocycles. The van der Waals surface area contributed by atoms with Crippen LogP contribution in [0.1, 0.15) is 44.7 Å². The van der Waals surface area contributed by atoms with E-state index >= 15 is 0 Å². The molecule has 0 fully saturated rings. The summed E-state index contributed by atoms with van der Waals surface area (Å²) >= 11 is 0. The van der Waals surface area contributed by atoms with Crippen LogP contribution in [0.5, 0.6) is 0 Å². The topological polar surface area (TPSA) is 64.1 Å². The molecule has 5 N–H and O–H groups in total. The molecule has 0 saturated heterocycles. The highest BCUT2D eigenvalue weighted by atomic mass is 14.8. The summed E-state index contributed by atoms with van der Waals surface area (Å²) in [6.45, 7) is 6.10. The molecule has 0 bridgehead atoms. The molecule has 33 heavy (non-hydrogen) atoms. The predicted molar refractivity (Wildman–Crippen MR) is 147 cm³/mol. The third kappa shape index (κ3) is 6.88. The average molecular weight is 440 g/mol. The Morgan fingerprint density at radius 3 is 2.36 bits per heavy atom. The van der Waals surface area contributed by atoms with E-state index in [1.165, 1.54) is 33.2 Å². The van der Waals surface area contributed by atoms with Crippen LogP contribution in [0.25, 0.3) is 21.9 Å². The second-order valence-corrected chi connectivity index (χ2v) is 7.43. The van der Waals surface area contributed by atoms with Crippen molar-refractivity contribution in [1.29, 1.82) is 0 Å². The number of allylic oxidation sites excluding steroid dienone is 6. The third-order valence-electron chi connectivity index (χ3n) is 5.40. The first-order valence-electron chi connectivity index (χ1n) is 11.6. The molecule has 4 rings (SSSR count). The van der Waals surface area contributed by atoms with E-state index in [4.69, 9.17) is 11.5 Å². The number of fused-ring (bicyclic) bond motifs is 1. The second-order valence-electron chi connectivity index (χ2n) is 7.43. The normalized spacial score (nSPS) is 13.3. The molecule has 0 saturated carbocycles. The van der Waals surface area contributed by atoms with Gasteiger partial charge in [0.15, 0.2) is 0 Å². The highest BCUT2D eigenvalue weighted by molar-refractivity contribution is 5.93. The van der Waals surface area contributed by atoms with E-state index < -0.39 is 0 Å². The van der Waals surface area contributed by atoms with Crippen LogP contribution in [0.2, 0.25) is 0 Å². The lowest BCUT2D eigenvalue weighted by Gasteiger charge is -2.17. The Hall–Kier alpha value is -3.72. The Bertz CT molecular complexity index is 1140. The number of nitrogens with two attached hydrogens (primary N) is 2. The number of hydrogen-bond donors (Lipinski definition) is 3. The van der Waals surface area contributed by atoms with Gasteiger partial charge in [0, 0.05) is 24.0 Å². The van der Waals surface area contributed by atoms with E-state index in [1.54, 1.807) is 6.20 Å². The van der Waals surface area contributed by atoms with Crippen molar-refractivity contribution in [2.24, 2.45) is 5.73 Å². The summed E-state index contributed by atoms with van der Waals surface area (Å²) in [5.74, 6) is 0. The van der Waals surface area contributed by atoms with Gasteiger partial charge in [0.05, 0.1) is 0 Å². The lowest BCUT2D eigenvalue weighted by molar-refractivity contribution is 0.959. The first-order chi connectivity index (χ1) is 16.2. The third-order valence-corrected chi connectivity index (χ3v) is 5.40. The molecule has 1 aliphatic carbocycles. The number of anilines is 1. The standard InChI is InChI=1S/C15H15N.C13H16N2.C2H6/c1-12(6-5-11-16)14-10-4-8-13-7-2-3-9-15(13)14;1-15-13-9-5-3-7-11(13)10-6-2-4-8-12(10)14;1-2/h2-11H,16H2,1H3;2,4-6,8-9,15H,3,7,14H2,1H3;1-2H3/b11-5-,12-6+;;. The van der Waals surface area contributed by atoms with Crippen LogP contribution in [0.4, 0.5) is 5.69 Å². The summed E-state index contributed by atoms with van der Waals surface area (Å²) in [5, 5.41) is 5.77. The Morgan fingerprint density at radius 1 is 0.939 bits per heavy atom. The van der Waals surface area contributed by atoms with Crippen molar-refractivity contribution in [1.82, 2.24) is 5.32 Å². The van der Waals surface area contributed by atoms with Crippen LogP contribution in [-0.2, 0) is 0 Å². The van der Waals surface area contributed by atoms with Crippen LogP contribution in [0, 0.1) is 0 Å². The molecule has 0 radical (unpaired) electrons. The zero-order chi connectivity index (χ0) is 24.1. The second kappa shape index (κ2) is 13.6. The van der Waals surface area contributed by atoms with Crippen LogP contribution >= 0.6 is 0 Å². The molecular formula is C30H37N3. The fourth-order valence-electron chi connectivity index (χ4n) is 3.81. The van der Waals surface area contributed by atoms with Gasteiger partial charge in [-0.1, -0.05) is 86.7 Å². The summed E-state index contributed by atoms with van der Waals surface area (Å²) in [6.07, 6.45) is 11.9. The molecule has 3 nitrogen and oxygen atoms in total. The fourth-order valence-corrected chi connectivity index (χ4v) is 3.81. The van der Waals surface area contributed by atoms with Crippen molar-refractivity contribution in [3.05, 3.63) is 114 Å². The van der Waals surface area contributed by atoms with Gasteiger partial charge in [-0.15, -0.1) is 0 Å². The van der Waals surface area contributed by atoms with Gasteiger partial charge >= 0.3 is 0 Å². The molecule has 0 aliphatic heterocycles. The summed E-state index contributed by atoms with van der Waals surface area (Å²) < 4.78 is 0. The Balaban J connectivity index is 0.000000218. The number of para-hydroxylation sites is 1. The lowest BCUT2D eigenvalue weighted by Crippen LogP contribution is -2.09. The van der Waals surface area contributed by atoms with E-state index in [1.807, 2.05) is 51.2 Å². The minimum atomic E-state index is 0.857. The van der Waals surface area contributed by atoms with Gasteiger partial charge in [0.25, 0.3) is 0 Å². The van der Waals surface area contributed by atoms with Gasteiger partial charge in [-0.25, -0.2) is 0 Å². The minimum absolute atomic E-state index is 0.857. The van der Waals surface area contributed by atoms with Crippen LogP contribution < -0.4 is 16.8 Å². The summed E-state index contributed by atoms with van der Waals surface area (Å²) in [5.41, 5.74) is 18.3. The first kappa shape index (κ1) is 25.5. The van der Waals surface area contributed by atoms with Crippen molar-refractivity contribution < 1.29 is 0 Å². The zero-order valence-corrected chi connectivity index (χ0v) is 20.3. The SMILES string of the molecule is C/C(=C\C=C/N)c1cccc2ccccc12.CC.CNC1=C(c2ccccc2N)CCC=C1. The smallest absolute Gasteiger partial charge is 0.0391 e. The van der Waals surface area contributed by atoms with Crippen molar-refractivity contribution in [3.8, 4) is 0 Å². The van der Waals surface area contributed by atoms with Crippen molar-refractivity contribution in [3.63, 3.8) is 0 Å². The van der Waals surface area contributed by atoms with Crippen molar-refractivity contribution >= 4 is 27.6 Å². The Morgan fingerprint density at radius 2 is 1.64 bits per heavy atom. The first-order valence-corrected chi connectivity index (χ1v) is 11.6. The van der Waals surface area contributed by atoms with Crippen molar-refractivity contribution in [2.45, 2.75) is 33.6 Å². The number of hydrogen-bond acceptors (Lipinski definition) is 3. The van der Waals surface area contributed by atoms with Crippen LogP contribution in [-0.4, -0.2) is 7.05 Å². The molecule has 3 aromatic rings. The number of nitrogen functional groups attached to an aromatic ring is 1. The van der Waals surface area contributed by atoms with Crippen LogP contribution in [0.3, 0.4) is 0 Å². The molecule has 0 amide bonds.